The van der Waals surface area contributed by atoms with Crippen LogP contribution in [0.3, 0.4) is 0 Å². The van der Waals surface area contributed by atoms with Crippen LogP contribution in [0, 0.1) is 0 Å². The molecule has 0 amide bonds. The van der Waals surface area contributed by atoms with Crippen LogP contribution in [0.4, 0.5) is 0 Å². The first-order valence-electron chi connectivity index (χ1n) is 6.62. The van der Waals surface area contributed by atoms with Crippen LogP contribution in [0.5, 0.6) is 5.75 Å². The molecule has 1 N–H and O–H groups in total. The number of rotatable bonds is 4. The van der Waals surface area contributed by atoms with Crippen LogP contribution in [0.1, 0.15) is 32.4 Å². The maximum atomic E-state index is 9.91. The van der Waals surface area contributed by atoms with E-state index < -0.39 is 6.10 Å². The summed E-state index contributed by atoms with van der Waals surface area (Å²) in [6.07, 6.45) is -0.472. The summed E-state index contributed by atoms with van der Waals surface area (Å²) in [5.41, 5.74) is 2.95. The van der Waals surface area contributed by atoms with Crippen LogP contribution in [0.2, 0.25) is 0 Å². The second-order valence-electron chi connectivity index (χ2n) is 4.93. The second-order valence-corrected chi connectivity index (χ2v) is 4.93. The minimum absolute atomic E-state index is 0.0716. The standard InChI is InChI=1S/C17H20O2/c1-12(2)19-17-15(13(3)18)10-7-11-16(17)14-8-5-4-6-9-14/h4-13,18H,1-3H3/t13-/m0/s1. The van der Waals surface area contributed by atoms with Crippen LogP contribution < -0.4 is 4.74 Å². The molecule has 2 heteroatoms. The van der Waals surface area contributed by atoms with Gasteiger partial charge in [0.25, 0.3) is 0 Å². The van der Waals surface area contributed by atoms with Gasteiger partial charge in [-0.25, -0.2) is 0 Å². The van der Waals surface area contributed by atoms with Gasteiger partial charge < -0.3 is 9.84 Å². The van der Waals surface area contributed by atoms with E-state index in [0.29, 0.717) is 0 Å². The van der Waals surface area contributed by atoms with Crippen molar-refractivity contribution in [3.05, 3.63) is 54.1 Å². The van der Waals surface area contributed by atoms with Gasteiger partial charge >= 0.3 is 0 Å². The highest BCUT2D eigenvalue weighted by Crippen LogP contribution is 2.36. The predicted octanol–water partition coefficient (Wildman–Crippen LogP) is 4.19. The van der Waals surface area contributed by atoms with Crippen LogP contribution >= 0.6 is 0 Å². The molecule has 1 atom stereocenters. The van der Waals surface area contributed by atoms with Crippen molar-refractivity contribution in [3.8, 4) is 16.9 Å². The van der Waals surface area contributed by atoms with Crippen molar-refractivity contribution in [2.45, 2.75) is 33.0 Å². The van der Waals surface area contributed by atoms with E-state index in [1.54, 1.807) is 6.92 Å². The van der Waals surface area contributed by atoms with Gasteiger partial charge in [0.2, 0.25) is 0 Å². The number of ether oxygens (including phenoxy) is 1. The summed E-state index contributed by atoms with van der Waals surface area (Å²) in [6.45, 7) is 5.75. The van der Waals surface area contributed by atoms with E-state index in [9.17, 15) is 5.11 Å². The molecule has 0 spiro atoms. The highest BCUT2D eigenvalue weighted by molar-refractivity contribution is 5.72. The van der Waals surface area contributed by atoms with E-state index in [1.807, 2.05) is 62.4 Å². The van der Waals surface area contributed by atoms with Crippen molar-refractivity contribution in [2.75, 3.05) is 0 Å². The molecule has 100 valence electrons. The molecule has 0 bridgehead atoms. The Morgan fingerprint density at radius 1 is 0.895 bits per heavy atom. The van der Waals surface area contributed by atoms with E-state index in [4.69, 9.17) is 4.74 Å². The Kier molecular flexibility index (Phi) is 4.23. The normalized spacial score (nSPS) is 12.5. The Balaban J connectivity index is 2.57. The van der Waals surface area contributed by atoms with Crippen molar-refractivity contribution >= 4 is 0 Å². The summed E-state index contributed by atoms with van der Waals surface area (Å²) < 4.78 is 5.93. The Morgan fingerprint density at radius 2 is 1.58 bits per heavy atom. The van der Waals surface area contributed by atoms with Crippen molar-refractivity contribution in [3.63, 3.8) is 0 Å². The largest absolute Gasteiger partial charge is 0.490 e. The summed E-state index contributed by atoms with van der Waals surface area (Å²) in [6, 6.07) is 16.0. The Morgan fingerprint density at radius 3 is 2.16 bits per heavy atom. The topological polar surface area (TPSA) is 29.5 Å². The van der Waals surface area contributed by atoms with Crippen molar-refractivity contribution in [1.29, 1.82) is 0 Å². The highest BCUT2D eigenvalue weighted by Gasteiger charge is 2.15. The number of benzene rings is 2. The molecule has 0 radical (unpaired) electrons. The van der Waals surface area contributed by atoms with Crippen LogP contribution in [0.25, 0.3) is 11.1 Å². The zero-order chi connectivity index (χ0) is 13.8. The lowest BCUT2D eigenvalue weighted by atomic mass is 9.99. The molecule has 2 aromatic carbocycles. The molecule has 0 aliphatic carbocycles. The number of aliphatic hydroxyl groups excluding tert-OH is 1. The minimum Gasteiger partial charge on any atom is -0.490 e. The molecule has 2 rings (SSSR count). The smallest absolute Gasteiger partial charge is 0.133 e. The van der Waals surface area contributed by atoms with E-state index in [0.717, 1.165) is 22.4 Å². The first-order valence-corrected chi connectivity index (χ1v) is 6.62. The molecular formula is C17H20O2. The summed E-state index contributed by atoms with van der Waals surface area (Å²) in [7, 11) is 0. The third kappa shape index (κ3) is 3.15. The molecule has 2 nitrogen and oxygen atoms in total. The number of aliphatic hydroxyl groups is 1. The number of para-hydroxylation sites is 1. The van der Waals surface area contributed by atoms with Gasteiger partial charge in [0.1, 0.15) is 5.75 Å². The first-order chi connectivity index (χ1) is 9.09. The van der Waals surface area contributed by atoms with E-state index in [-0.39, 0.29) is 6.10 Å². The average Bonchev–Trinajstić information content (AvgIpc) is 2.39. The van der Waals surface area contributed by atoms with Crippen molar-refractivity contribution in [1.82, 2.24) is 0 Å². The van der Waals surface area contributed by atoms with Crippen LogP contribution in [0.15, 0.2) is 48.5 Å². The Bertz CT molecular complexity index is 530. The number of hydrogen-bond acceptors (Lipinski definition) is 2. The first kappa shape index (κ1) is 13.6. The van der Waals surface area contributed by atoms with Gasteiger partial charge in [-0.15, -0.1) is 0 Å². The minimum atomic E-state index is -0.544. The molecule has 0 saturated heterocycles. The van der Waals surface area contributed by atoms with Gasteiger partial charge in [-0.1, -0.05) is 48.5 Å². The van der Waals surface area contributed by atoms with E-state index >= 15 is 0 Å². The third-order valence-corrected chi connectivity index (χ3v) is 2.93. The molecule has 19 heavy (non-hydrogen) atoms. The quantitative estimate of drug-likeness (QED) is 0.888. The van der Waals surface area contributed by atoms with Gasteiger partial charge in [-0.05, 0) is 26.3 Å². The third-order valence-electron chi connectivity index (χ3n) is 2.93. The summed E-state index contributed by atoms with van der Waals surface area (Å²) in [5, 5.41) is 9.91. The van der Waals surface area contributed by atoms with E-state index in [1.165, 1.54) is 0 Å². The second kappa shape index (κ2) is 5.89. The predicted molar refractivity (Wildman–Crippen MR) is 78.3 cm³/mol. The van der Waals surface area contributed by atoms with Crippen LogP contribution in [-0.2, 0) is 0 Å². The lowest BCUT2D eigenvalue weighted by molar-refractivity contribution is 0.183. The molecule has 0 aliphatic heterocycles. The fourth-order valence-electron chi connectivity index (χ4n) is 2.10. The van der Waals surface area contributed by atoms with Gasteiger partial charge in [-0.3, -0.25) is 0 Å². The molecular weight excluding hydrogens is 236 g/mol. The van der Waals surface area contributed by atoms with Gasteiger partial charge in [0.05, 0.1) is 12.2 Å². The maximum Gasteiger partial charge on any atom is 0.133 e. The fourth-order valence-corrected chi connectivity index (χ4v) is 2.10. The zero-order valence-corrected chi connectivity index (χ0v) is 11.6. The van der Waals surface area contributed by atoms with Crippen molar-refractivity contribution < 1.29 is 9.84 Å². The molecule has 0 unspecified atom stereocenters. The zero-order valence-electron chi connectivity index (χ0n) is 11.6. The maximum absolute atomic E-state index is 9.91. The van der Waals surface area contributed by atoms with Gasteiger partial charge in [-0.2, -0.15) is 0 Å². The van der Waals surface area contributed by atoms with Gasteiger partial charge in [0.15, 0.2) is 0 Å². The average molecular weight is 256 g/mol. The molecule has 0 saturated carbocycles. The molecule has 0 heterocycles. The summed E-state index contributed by atoms with van der Waals surface area (Å²) >= 11 is 0. The molecule has 0 fully saturated rings. The lowest BCUT2D eigenvalue weighted by Gasteiger charge is -2.19. The van der Waals surface area contributed by atoms with Crippen LogP contribution in [-0.4, -0.2) is 11.2 Å². The SMILES string of the molecule is CC(C)Oc1c(-c2ccccc2)cccc1[C@H](C)O. The molecule has 0 aliphatic rings. The van der Waals surface area contributed by atoms with E-state index in [2.05, 4.69) is 0 Å². The highest BCUT2D eigenvalue weighted by atomic mass is 16.5. The lowest BCUT2D eigenvalue weighted by Crippen LogP contribution is -2.09. The summed E-state index contributed by atoms with van der Waals surface area (Å²) in [5.74, 6) is 0.777. The van der Waals surface area contributed by atoms with Gasteiger partial charge in [0, 0.05) is 11.1 Å². The molecule has 0 aromatic heterocycles. The Hall–Kier alpha value is -1.80. The fraction of sp³-hybridized carbons (Fsp3) is 0.294. The monoisotopic (exact) mass is 256 g/mol. The summed E-state index contributed by atoms with van der Waals surface area (Å²) in [4.78, 5) is 0. The number of hydrogen-bond donors (Lipinski definition) is 1. The molecule has 2 aromatic rings. The van der Waals surface area contributed by atoms with Crippen molar-refractivity contribution in [2.24, 2.45) is 0 Å². The Labute approximate surface area is 114 Å².